The zero-order valence-electron chi connectivity index (χ0n) is 14.6. The number of anilines is 1. The highest BCUT2D eigenvalue weighted by molar-refractivity contribution is 5.86. The molecule has 1 heterocycles. The molecule has 1 fully saturated rings. The van der Waals surface area contributed by atoms with Crippen molar-refractivity contribution < 1.29 is 4.79 Å². The van der Waals surface area contributed by atoms with Crippen molar-refractivity contribution in [2.75, 3.05) is 11.9 Å². The van der Waals surface area contributed by atoms with Crippen molar-refractivity contribution in [1.29, 1.82) is 0 Å². The Balaban J connectivity index is 1.45. The molecule has 132 valence electrons. The van der Waals surface area contributed by atoms with Crippen molar-refractivity contribution in [2.45, 2.75) is 25.3 Å². The van der Waals surface area contributed by atoms with Crippen LogP contribution in [0.2, 0.25) is 0 Å². The van der Waals surface area contributed by atoms with Crippen molar-refractivity contribution in [3.63, 3.8) is 0 Å². The normalized spacial score (nSPS) is 20.1. The molecule has 4 rings (SSSR count). The van der Waals surface area contributed by atoms with Gasteiger partial charge in [-0.2, -0.15) is 0 Å². The fourth-order valence-corrected chi connectivity index (χ4v) is 3.55. The smallest absolute Gasteiger partial charge is 0.162 e. The molecule has 1 aliphatic carbocycles. The van der Waals surface area contributed by atoms with E-state index in [2.05, 4.69) is 15.6 Å². The molecule has 0 amide bonds. The third-order valence-electron chi connectivity index (χ3n) is 4.99. The van der Waals surface area contributed by atoms with Crippen LogP contribution in [0.25, 0.3) is 11.3 Å². The van der Waals surface area contributed by atoms with Gasteiger partial charge < -0.3 is 5.32 Å². The van der Waals surface area contributed by atoms with E-state index in [0.717, 1.165) is 36.2 Å². The quantitative estimate of drug-likeness (QED) is 0.759. The number of nitrogens with one attached hydrogen (secondary N) is 1. The van der Waals surface area contributed by atoms with Gasteiger partial charge in [0.2, 0.25) is 0 Å². The maximum absolute atomic E-state index is 13.0. The zero-order chi connectivity index (χ0) is 17.8. The van der Waals surface area contributed by atoms with Gasteiger partial charge in [0, 0.05) is 23.7 Å². The SMILES string of the molecule is O=C1C(n2cc(-c3ccccc3)nn2)CCC[C@H]1CNc1ccccc1. The van der Waals surface area contributed by atoms with Crippen LogP contribution in [0.1, 0.15) is 25.3 Å². The number of carbonyl (C=O) groups excluding carboxylic acids is 1. The van der Waals surface area contributed by atoms with E-state index in [9.17, 15) is 4.79 Å². The monoisotopic (exact) mass is 346 g/mol. The number of rotatable bonds is 5. The summed E-state index contributed by atoms with van der Waals surface area (Å²) in [5.41, 5.74) is 2.88. The first-order valence-corrected chi connectivity index (χ1v) is 9.11. The Morgan fingerprint density at radius 3 is 2.50 bits per heavy atom. The molecule has 5 nitrogen and oxygen atoms in total. The lowest BCUT2D eigenvalue weighted by Crippen LogP contribution is -2.34. The first kappa shape index (κ1) is 16.5. The summed E-state index contributed by atoms with van der Waals surface area (Å²) in [6.07, 6.45) is 4.68. The molecule has 1 saturated carbocycles. The van der Waals surface area contributed by atoms with E-state index >= 15 is 0 Å². The Kier molecular flexibility index (Phi) is 4.78. The Morgan fingerprint density at radius 2 is 1.73 bits per heavy atom. The average molecular weight is 346 g/mol. The number of nitrogens with zero attached hydrogens (tertiary/aromatic N) is 3. The van der Waals surface area contributed by atoms with Crippen LogP contribution in [0.4, 0.5) is 5.69 Å². The van der Waals surface area contributed by atoms with Crippen LogP contribution in [-0.2, 0) is 4.79 Å². The topological polar surface area (TPSA) is 59.8 Å². The molecule has 26 heavy (non-hydrogen) atoms. The molecule has 1 aromatic heterocycles. The lowest BCUT2D eigenvalue weighted by atomic mass is 9.84. The first-order valence-electron chi connectivity index (χ1n) is 9.11. The molecule has 0 spiro atoms. The van der Waals surface area contributed by atoms with Crippen LogP contribution in [-0.4, -0.2) is 27.3 Å². The van der Waals surface area contributed by atoms with E-state index < -0.39 is 0 Å². The van der Waals surface area contributed by atoms with E-state index in [1.165, 1.54) is 0 Å². The number of aromatic nitrogens is 3. The van der Waals surface area contributed by atoms with Gasteiger partial charge in [0.1, 0.15) is 11.7 Å². The Morgan fingerprint density at radius 1 is 1.00 bits per heavy atom. The summed E-state index contributed by atoms with van der Waals surface area (Å²) in [6.45, 7) is 0.666. The molecule has 5 heteroatoms. The molecule has 0 bridgehead atoms. The third-order valence-corrected chi connectivity index (χ3v) is 4.99. The molecule has 3 aromatic rings. The van der Waals surface area contributed by atoms with Gasteiger partial charge in [-0.3, -0.25) is 4.79 Å². The minimum Gasteiger partial charge on any atom is -0.384 e. The van der Waals surface area contributed by atoms with Gasteiger partial charge >= 0.3 is 0 Å². The summed E-state index contributed by atoms with van der Waals surface area (Å²) in [6, 6.07) is 19.7. The van der Waals surface area contributed by atoms with E-state index in [4.69, 9.17) is 0 Å². The number of hydrogen-bond acceptors (Lipinski definition) is 4. The molecular formula is C21H22N4O. The number of hydrogen-bond donors (Lipinski definition) is 1. The van der Waals surface area contributed by atoms with Crippen LogP contribution in [0.3, 0.4) is 0 Å². The fraction of sp³-hybridized carbons (Fsp3) is 0.286. The van der Waals surface area contributed by atoms with Crippen molar-refractivity contribution in [3.05, 3.63) is 66.9 Å². The number of carbonyl (C=O) groups is 1. The Hall–Kier alpha value is -2.95. The number of ketones is 1. The largest absolute Gasteiger partial charge is 0.384 e. The Labute approximate surface area is 153 Å². The van der Waals surface area contributed by atoms with Gasteiger partial charge in [-0.05, 0) is 25.0 Å². The summed E-state index contributed by atoms with van der Waals surface area (Å²) >= 11 is 0. The predicted molar refractivity (Wildman–Crippen MR) is 102 cm³/mol. The molecule has 0 radical (unpaired) electrons. The predicted octanol–water partition coefficient (Wildman–Crippen LogP) is 3.97. The molecule has 1 N–H and O–H groups in total. The average Bonchev–Trinajstić information content (AvgIpc) is 3.19. The van der Waals surface area contributed by atoms with Crippen LogP contribution in [0.15, 0.2) is 66.9 Å². The van der Waals surface area contributed by atoms with Crippen LogP contribution >= 0.6 is 0 Å². The lowest BCUT2D eigenvalue weighted by molar-refractivity contribution is -0.128. The number of Topliss-reactive ketones (excluding diaryl/α,β-unsaturated/α-hetero) is 1. The summed E-state index contributed by atoms with van der Waals surface area (Å²) < 4.78 is 1.75. The van der Waals surface area contributed by atoms with E-state index in [1.54, 1.807) is 4.68 Å². The van der Waals surface area contributed by atoms with Crippen molar-refractivity contribution in [2.24, 2.45) is 5.92 Å². The Bertz CT molecular complexity index is 860. The maximum atomic E-state index is 13.0. The second-order valence-corrected chi connectivity index (χ2v) is 6.74. The van der Waals surface area contributed by atoms with Gasteiger partial charge in [-0.25, -0.2) is 4.68 Å². The highest BCUT2D eigenvalue weighted by Gasteiger charge is 2.33. The third kappa shape index (κ3) is 3.52. The van der Waals surface area contributed by atoms with Crippen LogP contribution in [0.5, 0.6) is 0 Å². The van der Waals surface area contributed by atoms with Gasteiger partial charge in [-0.15, -0.1) is 5.10 Å². The maximum Gasteiger partial charge on any atom is 0.162 e. The van der Waals surface area contributed by atoms with Crippen molar-refractivity contribution in [1.82, 2.24) is 15.0 Å². The molecule has 0 saturated heterocycles. The molecule has 0 aliphatic heterocycles. The summed E-state index contributed by atoms with van der Waals surface area (Å²) in [7, 11) is 0. The second-order valence-electron chi connectivity index (χ2n) is 6.74. The standard InChI is InChI=1S/C21H22N4O/c26-21-17(14-22-18-11-5-2-6-12-18)10-7-13-20(21)25-15-19(23-24-25)16-8-3-1-4-9-16/h1-6,8-9,11-12,15,17,20,22H,7,10,13-14H2/t17-,20?/m0/s1. The summed E-state index contributed by atoms with van der Waals surface area (Å²) in [5.74, 6) is 0.266. The molecule has 1 aliphatic rings. The first-order chi connectivity index (χ1) is 12.8. The highest BCUT2D eigenvalue weighted by atomic mass is 16.1. The minimum atomic E-state index is -0.212. The van der Waals surface area contributed by atoms with Crippen LogP contribution in [0, 0.1) is 5.92 Å². The van der Waals surface area contributed by atoms with Gasteiger partial charge in [0.05, 0.1) is 6.20 Å². The van der Waals surface area contributed by atoms with Crippen molar-refractivity contribution in [3.8, 4) is 11.3 Å². The summed E-state index contributed by atoms with van der Waals surface area (Å²) in [5, 5.41) is 11.9. The second kappa shape index (κ2) is 7.52. The molecule has 2 aromatic carbocycles. The van der Waals surface area contributed by atoms with Crippen LogP contribution < -0.4 is 5.32 Å². The van der Waals surface area contributed by atoms with Gasteiger partial charge in [-0.1, -0.05) is 60.2 Å². The fourth-order valence-electron chi connectivity index (χ4n) is 3.55. The van der Waals surface area contributed by atoms with E-state index in [1.807, 2.05) is 66.9 Å². The van der Waals surface area contributed by atoms with Gasteiger partial charge in [0.25, 0.3) is 0 Å². The van der Waals surface area contributed by atoms with Crippen molar-refractivity contribution >= 4 is 11.5 Å². The van der Waals surface area contributed by atoms with Gasteiger partial charge in [0.15, 0.2) is 5.78 Å². The zero-order valence-corrected chi connectivity index (χ0v) is 14.6. The summed E-state index contributed by atoms with van der Waals surface area (Å²) in [4.78, 5) is 13.0. The molecule has 1 unspecified atom stereocenters. The number of benzene rings is 2. The van der Waals surface area contributed by atoms with E-state index in [-0.39, 0.29) is 17.7 Å². The molecule has 2 atom stereocenters. The molecular weight excluding hydrogens is 324 g/mol. The lowest BCUT2D eigenvalue weighted by Gasteiger charge is -2.28. The minimum absolute atomic E-state index is 0.0123. The highest BCUT2D eigenvalue weighted by Crippen LogP contribution is 2.30. The number of para-hydroxylation sites is 1. The van der Waals surface area contributed by atoms with E-state index in [0.29, 0.717) is 6.54 Å².